The summed E-state index contributed by atoms with van der Waals surface area (Å²) in [5.41, 5.74) is 2.43. The Labute approximate surface area is 154 Å². The Kier molecular flexibility index (Phi) is 5.00. The van der Waals surface area contributed by atoms with E-state index in [4.69, 9.17) is 0 Å². The van der Waals surface area contributed by atoms with E-state index in [1.54, 1.807) is 6.07 Å². The van der Waals surface area contributed by atoms with Gasteiger partial charge >= 0.3 is 0 Å². The second-order valence-electron chi connectivity index (χ2n) is 7.28. The highest BCUT2D eigenvalue weighted by Crippen LogP contribution is 2.29. The Morgan fingerprint density at radius 2 is 1.85 bits per heavy atom. The molecule has 4 rings (SSSR count). The van der Waals surface area contributed by atoms with E-state index in [0.29, 0.717) is 11.8 Å². The van der Waals surface area contributed by atoms with Crippen LogP contribution in [0.5, 0.6) is 0 Å². The van der Waals surface area contributed by atoms with Gasteiger partial charge in [-0.25, -0.2) is 4.39 Å². The van der Waals surface area contributed by atoms with Crippen LogP contribution in [0.4, 0.5) is 4.39 Å². The van der Waals surface area contributed by atoms with Gasteiger partial charge in [-0.1, -0.05) is 54.6 Å². The van der Waals surface area contributed by atoms with Gasteiger partial charge in [0.1, 0.15) is 5.82 Å². The molecule has 26 heavy (non-hydrogen) atoms. The molecule has 0 aliphatic carbocycles. The topological polar surface area (TPSA) is 24.1 Å². The molecule has 3 atom stereocenters. The first-order valence-electron chi connectivity index (χ1n) is 9.39. The van der Waals surface area contributed by atoms with Crippen molar-refractivity contribution in [2.45, 2.75) is 18.9 Å². The van der Waals surface area contributed by atoms with E-state index in [0.717, 1.165) is 25.2 Å². The van der Waals surface area contributed by atoms with Crippen LogP contribution in [0.3, 0.4) is 0 Å². The van der Waals surface area contributed by atoms with Crippen LogP contribution in [0.1, 0.15) is 30.0 Å². The van der Waals surface area contributed by atoms with Crippen LogP contribution in [0.2, 0.25) is 0 Å². The predicted molar refractivity (Wildman–Crippen MR) is 106 cm³/mol. The number of rotatable bonds is 5. The van der Waals surface area contributed by atoms with Gasteiger partial charge in [-0.05, 0) is 53.4 Å². The molecule has 3 aromatic carbocycles. The maximum absolute atomic E-state index is 13.6. The molecule has 0 radical (unpaired) electrons. The molecule has 1 aliphatic heterocycles. The molecule has 0 aromatic heterocycles. The third-order valence-corrected chi connectivity index (χ3v) is 5.59. The first-order valence-corrected chi connectivity index (χ1v) is 9.39. The van der Waals surface area contributed by atoms with Crippen LogP contribution in [0.15, 0.2) is 66.7 Å². The van der Waals surface area contributed by atoms with Gasteiger partial charge in [-0.15, -0.1) is 0 Å². The van der Waals surface area contributed by atoms with Crippen molar-refractivity contribution in [1.82, 2.24) is 10.6 Å². The van der Waals surface area contributed by atoms with Gasteiger partial charge in [-0.3, -0.25) is 0 Å². The lowest BCUT2D eigenvalue weighted by Crippen LogP contribution is -2.29. The molecule has 3 aromatic rings. The van der Waals surface area contributed by atoms with E-state index < -0.39 is 0 Å². The maximum atomic E-state index is 13.6. The molecule has 1 fully saturated rings. The summed E-state index contributed by atoms with van der Waals surface area (Å²) in [5, 5.41) is 9.77. The Hall–Kier alpha value is -2.23. The van der Waals surface area contributed by atoms with Crippen molar-refractivity contribution in [3.8, 4) is 0 Å². The zero-order valence-electron chi connectivity index (χ0n) is 15.1. The fraction of sp³-hybridized carbons (Fsp3) is 0.304. The first kappa shape index (κ1) is 17.2. The highest BCUT2D eigenvalue weighted by molar-refractivity contribution is 5.86. The van der Waals surface area contributed by atoms with Crippen molar-refractivity contribution in [1.29, 1.82) is 0 Å². The summed E-state index contributed by atoms with van der Waals surface area (Å²) in [6.07, 6.45) is 0. The van der Waals surface area contributed by atoms with Gasteiger partial charge in [0.2, 0.25) is 0 Å². The molecule has 1 heterocycles. The molecule has 2 nitrogen and oxygen atoms in total. The highest BCUT2D eigenvalue weighted by Gasteiger charge is 2.28. The van der Waals surface area contributed by atoms with Crippen LogP contribution in [0.25, 0.3) is 10.8 Å². The molecular weight excluding hydrogens is 323 g/mol. The van der Waals surface area contributed by atoms with Crippen molar-refractivity contribution in [2.24, 2.45) is 5.92 Å². The van der Waals surface area contributed by atoms with Gasteiger partial charge in [0.15, 0.2) is 0 Å². The Morgan fingerprint density at radius 3 is 2.73 bits per heavy atom. The minimum atomic E-state index is -0.148. The van der Waals surface area contributed by atoms with Crippen molar-refractivity contribution in [2.75, 3.05) is 19.6 Å². The standard InChI is InChI=1S/C23H25FN2/c1-16(21-11-5-7-17-6-2-3-10-22(17)21)26-14-19-13-25-15-23(19)18-8-4-9-20(24)12-18/h2-12,16,19,23,25-26H,13-15H2,1H3/t16-,19+,23-/m1/s1. The van der Waals surface area contributed by atoms with Crippen molar-refractivity contribution in [3.05, 3.63) is 83.7 Å². The Morgan fingerprint density at radius 1 is 1.04 bits per heavy atom. The monoisotopic (exact) mass is 348 g/mol. The third-order valence-electron chi connectivity index (χ3n) is 5.59. The molecule has 134 valence electrons. The van der Waals surface area contributed by atoms with Crippen LogP contribution in [0, 0.1) is 11.7 Å². The van der Waals surface area contributed by atoms with E-state index in [1.807, 2.05) is 12.1 Å². The van der Waals surface area contributed by atoms with E-state index in [2.05, 4.69) is 60.0 Å². The summed E-state index contributed by atoms with van der Waals surface area (Å²) in [6.45, 7) is 5.02. The summed E-state index contributed by atoms with van der Waals surface area (Å²) >= 11 is 0. The summed E-state index contributed by atoms with van der Waals surface area (Å²) in [7, 11) is 0. The van der Waals surface area contributed by atoms with Gasteiger partial charge in [0.25, 0.3) is 0 Å². The normalized spacial score (nSPS) is 21.2. The highest BCUT2D eigenvalue weighted by atomic mass is 19.1. The first-order chi connectivity index (χ1) is 12.7. The van der Waals surface area contributed by atoms with E-state index >= 15 is 0 Å². The predicted octanol–water partition coefficient (Wildman–Crippen LogP) is 4.63. The number of nitrogens with one attached hydrogen (secondary N) is 2. The minimum Gasteiger partial charge on any atom is -0.316 e. The number of hydrogen-bond donors (Lipinski definition) is 2. The van der Waals surface area contributed by atoms with Crippen molar-refractivity contribution >= 4 is 10.8 Å². The molecule has 0 saturated carbocycles. The lowest BCUT2D eigenvalue weighted by Gasteiger charge is -2.23. The van der Waals surface area contributed by atoms with Gasteiger partial charge in [-0.2, -0.15) is 0 Å². The molecule has 0 spiro atoms. The minimum absolute atomic E-state index is 0.148. The molecule has 1 aliphatic rings. The van der Waals surface area contributed by atoms with Gasteiger partial charge in [0, 0.05) is 25.0 Å². The molecule has 2 N–H and O–H groups in total. The largest absolute Gasteiger partial charge is 0.316 e. The smallest absolute Gasteiger partial charge is 0.123 e. The van der Waals surface area contributed by atoms with Crippen molar-refractivity contribution in [3.63, 3.8) is 0 Å². The number of hydrogen-bond acceptors (Lipinski definition) is 2. The lowest BCUT2D eigenvalue weighted by atomic mass is 9.88. The maximum Gasteiger partial charge on any atom is 0.123 e. The van der Waals surface area contributed by atoms with Crippen LogP contribution >= 0.6 is 0 Å². The second kappa shape index (κ2) is 7.56. The van der Waals surface area contributed by atoms with Crippen LogP contribution in [-0.2, 0) is 0 Å². The van der Waals surface area contributed by atoms with Crippen molar-refractivity contribution < 1.29 is 4.39 Å². The molecule has 3 heteroatoms. The number of fused-ring (bicyclic) bond motifs is 1. The fourth-order valence-corrected chi connectivity index (χ4v) is 4.14. The van der Waals surface area contributed by atoms with Gasteiger partial charge in [0.05, 0.1) is 0 Å². The molecule has 0 amide bonds. The average Bonchev–Trinajstić information content (AvgIpc) is 3.14. The van der Waals surface area contributed by atoms with Crippen LogP contribution in [-0.4, -0.2) is 19.6 Å². The summed E-state index contributed by atoms with van der Waals surface area (Å²) in [5.74, 6) is 0.678. The number of benzene rings is 3. The average molecular weight is 348 g/mol. The van der Waals surface area contributed by atoms with E-state index in [9.17, 15) is 4.39 Å². The summed E-state index contributed by atoms with van der Waals surface area (Å²) in [4.78, 5) is 0. The molecular formula is C23H25FN2. The zero-order chi connectivity index (χ0) is 17.9. The molecule has 0 bridgehead atoms. The molecule has 1 saturated heterocycles. The molecule has 0 unspecified atom stereocenters. The summed E-state index contributed by atoms with van der Waals surface area (Å²) < 4.78 is 13.6. The zero-order valence-corrected chi connectivity index (χ0v) is 15.1. The summed E-state index contributed by atoms with van der Waals surface area (Å²) in [6, 6.07) is 22.3. The third kappa shape index (κ3) is 3.50. The lowest BCUT2D eigenvalue weighted by molar-refractivity contribution is 0.439. The van der Waals surface area contributed by atoms with Crippen LogP contribution < -0.4 is 10.6 Å². The SMILES string of the molecule is C[C@@H](NC[C@@H]1CNC[C@@H]1c1cccc(F)c1)c1cccc2ccccc12. The Balaban J connectivity index is 1.47. The van der Waals surface area contributed by atoms with Gasteiger partial charge < -0.3 is 10.6 Å². The fourth-order valence-electron chi connectivity index (χ4n) is 4.14. The number of halogens is 1. The van der Waals surface area contributed by atoms with E-state index in [-0.39, 0.29) is 11.9 Å². The second-order valence-corrected chi connectivity index (χ2v) is 7.28. The van der Waals surface area contributed by atoms with E-state index in [1.165, 1.54) is 22.4 Å². The Bertz CT molecular complexity index is 887. The quantitative estimate of drug-likeness (QED) is 0.702.